The molecule has 0 bridgehead atoms. The molecule has 1 aromatic carbocycles. The molecule has 1 aromatic rings. The first-order chi connectivity index (χ1) is 9.83. The molecular weight excluding hydrogens is 266 g/mol. The van der Waals surface area contributed by atoms with Crippen LogP contribution in [0.1, 0.15) is 31.9 Å². The fourth-order valence-electron chi connectivity index (χ4n) is 2.02. The summed E-state index contributed by atoms with van der Waals surface area (Å²) in [6.45, 7) is 8.79. The van der Waals surface area contributed by atoms with Gasteiger partial charge in [-0.25, -0.2) is 4.79 Å². The molecule has 5 nitrogen and oxygen atoms in total. The largest absolute Gasteiger partial charge is 0.444 e. The number of hydrogen-bond acceptors (Lipinski definition) is 4. The number of aryl methyl sites for hydroxylation is 1. The first-order valence-corrected chi connectivity index (χ1v) is 7.18. The van der Waals surface area contributed by atoms with E-state index in [-0.39, 0.29) is 6.04 Å². The van der Waals surface area contributed by atoms with Crippen LogP contribution >= 0.6 is 0 Å². The second kappa shape index (κ2) is 6.16. The molecule has 0 radical (unpaired) electrons. The normalized spacial score (nSPS) is 18.5. The Bertz CT molecular complexity index is 529. The Morgan fingerprint density at radius 2 is 2.00 bits per heavy atom. The summed E-state index contributed by atoms with van der Waals surface area (Å²) >= 11 is 0. The van der Waals surface area contributed by atoms with Gasteiger partial charge in [-0.1, -0.05) is 29.8 Å². The highest BCUT2D eigenvalue weighted by atomic mass is 16.6. The lowest BCUT2D eigenvalue weighted by Crippen LogP contribution is -2.50. The fraction of sp³-hybridized carbons (Fsp3) is 0.500. The summed E-state index contributed by atoms with van der Waals surface area (Å²) in [7, 11) is 0. The Kier molecular flexibility index (Phi) is 4.50. The highest BCUT2D eigenvalue weighted by Gasteiger charge is 2.21. The Morgan fingerprint density at radius 1 is 1.33 bits per heavy atom. The number of alkyl carbamates (subject to hydrolysis) is 1. The SMILES string of the molecule is Cc1ccc(C2=NCC(NC(=O)OC(C)(C)C)CN2)cc1. The molecule has 2 rings (SSSR count). The number of aliphatic imine (C=N–C) groups is 1. The van der Waals surface area contributed by atoms with Gasteiger partial charge < -0.3 is 15.4 Å². The monoisotopic (exact) mass is 289 g/mol. The third kappa shape index (κ3) is 4.77. The van der Waals surface area contributed by atoms with Gasteiger partial charge in [0.25, 0.3) is 0 Å². The van der Waals surface area contributed by atoms with Crippen LogP contribution in [-0.4, -0.2) is 36.7 Å². The molecule has 0 saturated carbocycles. The number of ether oxygens (including phenoxy) is 1. The number of nitrogens with one attached hydrogen (secondary N) is 2. The number of amidine groups is 1. The average molecular weight is 289 g/mol. The van der Waals surface area contributed by atoms with E-state index in [2.05, 4.69) is 34.7 Å². The van der Waals surface area contributed by atoms with E-state index >= 15 is 0 Å². The Hall–Kier alpha value is -2.04. The summed E-state index contributed by atoms with van der Waals surface area (Å²) in [4.78, 5) is 16.2. The van der Waals surface area contributed by atoms with Gasteiger partial charge in [-0.05, 0) is 27.7 Å². The lowest BCUT2D eigenvalue weighted by Gasteiger charge is -2.26. The zero-order chi connectivity index (χ0) is 15.5. The van der Waals surface area contributed by atoms with E-state index in [0.717, 1.165) is 11.4 Å². The number of nitrogens with zero attached hydrogens (tertiary/aromatic N) is 1. The zero-order valence-electron chi connectivity index (χ0n) is 13.1. The predicted molar refractivity (Wildman–Crippen MR) is 83.7 cm³/mol. The predicted octanol–water partition coefficient (Wildman–Crippen LogP) is 2.24. The van der Waals surface area contributed by atoms with Crippen LogP contribution in [0.3, 0.4) is 0 Å². The molecule has 1 aliphatic heterocycles. The lowest BCUT2D eigenvalue weighted by molar-refractivity contribution is 0.0506. The minimum absolute atomic E-state index is 0.0472. The molecule has 0 spiro atoms. The Morgan fingerprint density at radius 3 is 2.52 bits per heavy atom. The lowest BCUT2D eigenvalue weighted by atomic mass is 10.1. The van der Waals surface area contributed by atoms with Crippen LogP contribution in [0.5, 0.6) is 0 Å². The Balaban J connectivity index is 1.90. The van der Waals surface area contributed by atoms with Crippen LogP contribution in [0.15, 0.2) is 29.3 Å². The summed E-state index contributed by atoms with van der Waals surface area (Å²) in [6, 6.07) is 8.16. The van der Waals surface area contributed by atoms with E-state index in [1.807, 2.05) is 32.9 Å². The number of carbonyl (C=O) groups excluding carboxylic acids is 1. The fourth-order valence-corrected chi connectivity index (χ4v) is 2.02. The maximum absolute atomic E-state index is 11.7. The van der Waals surface area contributed by atoms with Crippen molar-refractivity contribution in [1.29, 1.82) is 0 Å². The van der Waals surface area contributed by atoms with Gasteiger partial charge in [-0.2, -0.15) is 0 Å². The van der Waals surface area contributed by atoms with Gasteiger partial charge >= 0.3 is 6.09 Å². The van der Waals surface area contributed by atoms with Crippen molar-refractivity contribution in [2.45, 2.75) is 39.3 Å². The van der Waals surface area contributed by atoms with Crippen LogP contribution in [-0.2, 0) is 4.74 Å². The molecule has 0 fully saturated rings. The molecule has 5 heteroatoms. The standard InChI is InChI=1S/C16H23N3O2/c1-11-5-7-12(8-6-11)14-17-9-13(10-18-14)19-15(20)21-16(2,3)4/h5-8,13H,9-10H2,1-4H3,(H,17,18)(H,19,20). The first kappa shape index (κ1) is 15.4. The summed E-state index contributed by atoms with van der Waals surface area (Å²) in [6.07, 6.45) is -0.400. The number of rotatable bonds is 2. The maximum atomic E-state index is 11.7. The molecule has 0 aromatic heterocycles. The van der Waals surface area contributed by atoms with Gasteiger partial charge in [-0.15, -0.1) is 0 Å². The molecule has 1 heterocycles. The molecule has 1 aliphatic rings. The highest BCUT2D eigenvalue weighted by molar-refractivity contribution is 5.99. The number of hydrogen-bond donors (Lipinski definition) is 2. The summed E-state index contributed by atoms with van der Waals surface area (Å²) < 4.78 is 5.24. The minimum Gasteiger partial charge on any atom is -0.444 e. The van der Waals surface area contributed by atoms with Gasteiger partial charge in [0, 0.05) is 12.1 Å². The van der Waals surface area contributed by atoms with E-state index in [0.29, 0.717) is 13.1 Å². The number of benzene rings is 1. The van der Waals surface area contributed by atoms with Gasteiger partial charge in [0.1, 0.15) is 11.4 Å². The van der Waals surface area contributed by atoms with Crippen molar-refractivity contribution in [2.24, 2.45) is 4.99 Å². The van der Waals surface area contributed by atoms with Gasteiger partial charge in [0.05, 0.1) is 12.6 Å². The van der Waals surface area contributed by atoms with Gasteiger partial charge in [0.15, 0.2) is 0 Å². The summed E-state index contributed by atoms with van der Waals surface area (Å²) in [5.41, 5.74) is 1.80. The second-order valence-electron chi connectivity index (χ2n) is 6.28. The van der Waals surface area contributed by atoms with Crippen molar-refractivity contribution in [1.82, 2.24) is 10.6 Å². The van der Waals surface area contributed by atoms with E-state index in [4.69, 9.17) is 4.74 Å². The molecule has 1 atom stereocenters. The van der Waals surface area contributed by atoms with E-state index in [9.17, 15) is 4.79 Å². The maximum Gasteiger partial charge on any atom is 0.407 e. The van der Waals surface area contributed by atoms with Crippen molar-refractivity contribution in [3.63, 3.8) is 0 Å². The average Bonchev–Trinajstić information content (AvgIpc) is 2.38. The van der Waals surface area contributed by atoms with Crippen LogP contribution in [0.25, 0.3) is 0 Å². The zero-order valence-corrected chi connectivity index (χ0v) is 13.1. The molecule has 2 N–H and O–H groups in total. The molecular formula is C16H23N3O2. The Labute approximate surface area is 125 Å². The van der Waals surface area contributed by atoms with Crippen LogP contribution in [0.4, 0.5) is 4.79 Å². The number of amides is 1. The summed E-state index contributed by atoms with van der Waals surface area (Å²) in [5.74, 6) is 0.872. The molecule has 1 unspecified atom stereocenters. The van der Waals surface area contributed by atoms with Crippen molar-refractivity contribution >= 4 is 11.9 Å². The quantitative estimate of drug-likeness (QED) is 0.877. The molecule has 114 valence electrons. The van der Waals surface area contributed by atoms with E-state index in [1.165, 1.54) is 5.56 Å². The van der Waals surface area contributed by atoms with Crippen molar-refractivity contribution in [3.05, 3.63) is 35.4 Å². The minimum atomic E-state index is -0.484. The smallest absolute Gasteiger partial charge is 0.407 e. The number of carbonyl (C=O) groups is 1. The van der Waals surface area contributed by atoms with Crippen LogP contribution < -0.4 is 10.6 Å². The van der Waals surface area contributed by atoms with Crippen molar-refractivity contribution in [2.75, 3.05) is 13.1 Å². The molecule has 1 amide bonds. The van der Waals surface area contributed by atoms with Crippen LogP contribution in [0, 0.1) is 6.92 Å². The van der Waals surface area contributed by atoms with Gasteiger partial charge in [-0.3, -0.25) is 4.99 Å². The molecule has 0 saturated heterocycles. The van der Waals surface area contributed by atoms with E-state index in [1.54, 1.807) is 0 Å². The van der Waals surface area contributed by atoms with Crippen molar-refractivity contribution in [3.8, 4) is 0 Å². The third-order valence-electron chi connectivity index (χ3n) is 3.03. The van der Waals surface area contributed by atoms with E-state index < -0.39 is 11.7 Å². The molecule has 21 heavy (non-hydrogen) atoms. The topological polar surface area (TPSA) is 62.7 Å². The van der Waals surface area contributed by atoms with Gasteiger partial charge in [0.2, 0.25) is 0 Å². The summed E-state index contributed by atoms with van der Waals surface area (Å²) in [5, 5.41) is 6.08. The second-order valence-corrected chi connectivity index (χ2v) is 6.28. The first-order valence-electron chi connectivity index (χ1n) is 7.18. The third-order valence-corrected chi connectivity index (χ3v) is 3.03. The molecule has 0 aliphatic carbocycles. The highest BCUT2D eigenvalue weighted by Crippen LogP contribution is 2.08. The van der Waals surface area contributed by atoms with Crippen molar-refractivity contribution < 1.29 is 9.53 Å². The van der Waals surface area contributed by atoms with Crippen LogP contribution in [0.2, 0.25) is 0 Å².